The number of hydrogen-bond acceptors (Lipinski definition) is 5. The minimum absolute atomic E-state index is 0.143. The van der Waals surface area contributed by atoms with Gasteiger partial charge in [0.2, 0.25) is 5.91 Å². The molecular weight excluding hydrogens is 370 g/mol. The molecule has 0 saturated heterocycles. The molecule has 0 fully saturated rings. The zero-order chi connectivity index (χ0) is 21.4. The second-order valence-corrected chi connectivity index (χ2v) is 6.50. The molecule has 0 unspecified atom stereocenters. The van der Waals surface area contributed by atoms with Gasteiger partial charge in [0.25, 0.3) is 5.91 Å². The van der Waals surface area contributed by atoms with E-state index in [1.807, 2.05) is 25.1 Å². The summed E-state index contributed by atoms with van der Waals surface area (Å²) < 4.78 is 10.3. The second kappa shape index (κ2) is 10.4. The molecule has 0 aromatic heterocycles. The van der Waals surface area contributed by atoms with Gasteiger partial charge in [-0.25, -0.2) is 0 Å². The Morgan fingerprint density at radius 2 is 1.59 bits per heavy atom. The average molecular weight is 399 g/mol. The predicted molar refractivity (Wildman–Crippen MR) is 115 cm³/mol. The van der Waals surface area contributed by atoms with Gasteiger partial charge in [0.1, 0.15) is 11.5 Å². The van der Waals surface area contributed by atoms with Gasteiger partial charge in [-0.3, -0.25) is 9.59 Å². The minimum Gasteiger partial charge on any atom is -0.497 e. The fourth-order valence-electron chi connectivity index (χ4n) is 2.97. The predicted octanol–water partition coefficient (Wildman–Crippen LogP) is 3.23. The van der Waals surface area contributed by atoms with Gasteiger partial charge in [-0.1, -0.05) is 0 Å². The molecule has 0 atom stereocenters. The van der Waals surface area contributed by atoms with Crippen LogP contribution in [-0.2, 0) is 4.79 Å². The van der Waals surface area contributed by atoms with E-state index in [0.29, 0.717) is 17.1 Å². The Morgan fingerprint density at radius 3 is 2.10 bits per heavy atom. The topological polar surface area (TPSA) is 79.9 Å². The van der Waals surface area contributed by atoms with Gasteiger partial charge in [-0.15, -0.1) is 0 Å². The van der Waals surface area contributed by atoms with Crippen LogP contribution >= 0.6 is 0 Å². The molecule has 0 aliphatic carbocycles. The third kappa shape index (κ3) is 5.88. The van der Waals surface area contributed by atoms with E-state index in [-0.39, 0.29) is 18.4 Å². The second-order valence-electron chi connectivity index (χ2n) is 6.50. The van der Waals surface area contributed by atoms with Crippen molar-refractivity contribution in [3.05, 3.63) is 47.5 Å². The number of carbonyl (C=O) groups is 2. The van der Waals surface area contributed by atoms with E-state index in [4.69, 9.17) is 9.47 Å². The fraction of sp³-hybridized carbons (Fsp3) is 0.364. The number of nitrogens with zero attached hydrogens (tertiary/aromatic N) is 1. The highest BCUT2D eigenvalue weighted by molar-refractivity contribution is 6.00. The molecule has 0 spiro atoms. The summed E-state index contributed by atoms with van der Waals surface area (Å²) in [7, 11) is 3.02. The molecule has 2 amide bonds. The molecule has 7 heteroatoms. The Labute approximate surface area is 172 Å². The van der Waals surface area contributed by atoms with Crippen LogP contribution in [0.2, 0.25) is 0 Å². The molecule has 2 aromatic carbocycles. The van der Waals surface area contributed by atoms with Crippen LogP contribution in [0.1, 0.15) is 29.8 Å². The highest BCUT2D eigenvalue weighted by Gasteiger charge is 2.12. The molecule has 29 heavy (non-hydrogen) atoms. The van der Waals surface area contributed by atoms with E-state index in [1.165, 1.54) is 14.2 Å². The fourth-order valence-corrected chi connectivity index (χ4v) is 2.97. The number of nitrogens with one attached hydrogen (secondary N) is 2. The van der Waals surface area contributed by atoms with Crippen LogP contribution in [0, 0.1) is 6.92 Å². The summed E-state index contributed by atoms with van der Waals surface area (Å²) in [5.41, 5.74) is 3.16. The van der Waals surface area contributed by atoms with Gasteiger partial charge < -0.3 is 25.0 Å². The number of benzene rings is 2. The van der Waals surface area contributed by atoms with Crippen LogP contribution in [0.5, 0.6) is 11.5 Å². The van der Waals surface area contributed by atoms with E-state index < -0.39 is 0 Å². The maximum atomic E-state index is 12.4. The third-order valence-electron chi connectivity index (χ3n) is 4.64. The SMILES string of the molecule is CCN(CC)c1ccc(NC(=O)CNC(=O)c2cc(OC)cc(OC)c2)c(C)c1. The lowest BCUT2D eigenvalue weighted by Crippen LogP contribution is -2.33. The quantitative estimate of drug-likeness (QED) is 0.677. The van der Waals surface area contributed by atoms with Gasteiger partial charge in [0.15, 0.2) is 0 Å². The monoisotopic (exact) mass is 399 g/mol. The summed E-state index contributed by atoms with van der Waals surface area (Å²) in [6.45, 7) is 7.86. The molecule has 0 heterocycles. The lowest BCUT2D eigenvalue weighted by Gasteiger charge is -2.22. The lowest BCUT2D eigenvalue weighted by molar-refractivity contribution is -0.115. The van der Waals surface area contributed by atoms with Crippen molar-refractivity contribution < 1.29 is 19.1 Å². The largest absolute Gasteiger partial charge is 0.497 e. The summed E-state index contributed by atoms with van der Waals surface area (Å²) in [5.74, 6) is 0.323. The van der Waals surface area contributed by atoms with E-state index in [9.17, 15) is 9.59 Å². The van der Waals surface area contributed by atoms with Gasteiger partial charge >= 0.3 is 0 Å². The van der Waals surface area contributed by atoms with Crippen molar-refractivity contribution in [1.82, 2.24) is 5.32 Å². The maximum absolute atomic E-state index is 12.4. The van der Waals surface area contributed by atoms with Crippen molar-refractivity contribution in [3.8, 4) is 11.5 Å². The summed E-state index contributed by atoms with van der Waals surface area (Å²) in [4.78, 5) is 26.9. The lowest BCUT2D eigenvalue weighted by atomic mass is 10.1. The highest BCUT2D eigenvalue weighted by atomic mass is 16.5. The Bertz CT molecular complexity index is 841. The van der Waals surface area contributed by atoms with Crippen molar-refractivity contribution in [2.75, 3.05) is 44.1 Å². The minimum atomic E-state index is -0.383. The smallest absolute Gasteiger partial charge is 0.251 e. The molecular formula is C22H29N3O4. The number of rotatable bonds is 9. The van der Waals surface area contributed by atoms with Crippen molar-refractivity contribution >= 4 is 23.2 Å². The summed E-state index contributed by atoms with van der Waals surface area (Å²) in [5, 5.41) is 5.46. The first-order valence-electron chi connectivity index (χ1n) is 9.58. The molecule has 0 aliphatic rings. The van der Waals surface area contributed by atoms with Gasteiger partial charge in [0, 0.05) is 36.1 Å². The van der Waals surface area contributed by atoms with E-state index >= 15 is 0 Å². The van der Waals surface area contributed by atoms with Gasteiger partial charge in [-0.2, -0.15) is 0 Å². The normalized spacial score (nSPS) is 10.2. The van der Waals surface area contributed by atoms with Crippen LogP contribution in [0.25, 0.3) is 0 Å². The Hall–Kier alpha value is -3.22. The van der Waals surface area contributed by atoms with E-state index in [0.717, 1.165) is 30.0 Å². The molecule has 2 N–H and O–H groups in total. The highest BCUT2D eigenvalue weighted by Crippen LogP contribution is 2.23. The zero-order valence-electron chi connectivity index (χ0n) is 17.7. The molecule has 0 saturated carbocycles. The number of amides is 2. The number of carbonyl (C=O) groups excluding carboxylic acids is 2. The summed E-state index contributed by atoms with van der Waals surface area (Å²) >= 11 is 0. The first kappa shape index (κ1) is 22.1. The molecule has 2 rings (SSSR count). The van der Waals surface area contributed by atoms with Crippen LogP contribution in [0.4, 0.5) is 11.4 Å². The Kier molecular flexibility index (Phi) is 7.88. The summed E-state index contributed by atoms with van der Waals surface area (Å²) in [6.07, 6.45) is 0. The number of hydrogen-bond donors (Lipinski definition) is 2. The van der Waals surface area contributed by atoms with Crippen molar-refractivity contribution in [1.29, 1.82) is 0 Å². The van der Waals surface area contributed by atoms with E-state index in [1.54, 1.807) is 18.2 Å². The number of ether oxygens (including phenoxy) is 2. The first-order valence-corrected chi connectivity index (χ1v) is 9.58. The zero-order valence-corrected chi connectivity index (χ0v) is 17.7. The van der Waals surface area contributed by atoms with Crippen molar-refractivity contribution in [2.24, 2.45) is 0 Å². The summed E-state index contributed by atoms with van der Waals surface area (Å²) in [6, 6.07) is 10.8. The van der Waals surface area contributed by atoms with Crippen LogP contribution in [0.15, 0.2) is 36.4 Å². The van der Waals surface area contributed by atoms with E-state index in [2.05, 4.69) is 29.4 Å². The molecule has 2 aromatic rings. The number of methoxy groups -OCH3 is 2. The van der Waals surface area contributed by atoms with Gasteiger partial charge in [-0.05, 0) is 56.7 Å². The van der Waals surface area contributed by atoms with Gasteiger partial charge in [0.05, 0.1) is 20.8 Å². The Morgan fingerprint density at radius 1 is 0.966 bits per heavy atom. The molecule has 0 radical (unpaired) electrons. The van der Waals surface area contributed by atoms with Crippen LogP contribution < -0.4 is 25.0 Å². The Balaban J connectivity index is 1.99. The molecule has 156 valence electrons. The standard InChI is InChI=1S/C22H29N3O4/c1-6-25(7-2)17-8-9-20(15(3)10-17)24-21(26)14-23-22(27)16-11-18(28-4)13-19(12-16)29-5/h8-13H,6-7,14H2,1-5H3,(H,23,27)(H,24,26). The van der Waals surface area contributed by atoms with Crippen molar-refractivity contribution in [3.63, 3.8) is 0 Å². The molecule has 7 nitrogen and oxygen atoms in total. The van der Waals surface area contributed by atoms with Crippen molar-refractivity contribution in [2.45, 2.75) is 20.8 Å². The molecule has 0 bridgehead atoms. The number of anilines is 2. The molecule has 0 aliphatic heterocycles. The van der Waals surface area contributed by atoms with Crippen LogP contribution in [-0.4, -0.2) is 45.7 Å². The average Bonchev–Trinajstić information content (AvgIpc) is 2.74. The maximum Gasteiger partial charge on any atom is 0.251 e. The third-order valence-corrected chi connectivity index (χ3v) is 4.64. The number of aryl methyl sites for hydroxylation is 1. The van der Waals surface area contributed by atoms with Crippen LogP contribution in [0.3, 0.4) is 0 Å². The first-order chi connectivity index (χ1) is 13.9.